The maximum Gasteiger partial charge on any atom is 0.236 e. The predicted molar refractivity (Wildman–Crippen MR) is 70.5 cm³/mol. The Morgan fingerprint density at radius 2 is 1.82 bits per heavy atom. The summed E-state index contributed by atoms with van der Waals surface area (Å²) in [4.78, 5) is 0. The van der Waals surface area contributed by atoms with Crippen molar-refractivity contribution >= 4 is 0 Å². The van der Waals surface area contributed by atoms with Crippen molar-refractivity contribution in [1.29, 1.82) is 0 Å². The highest BCUT2D eigenvalue weighted by atomic mass is 16.5. The average molecular weight is 232 g/mol. The van der Waals surface area contributed by atoms with Crippen LogP contribution in [0.5, 0.6) is 5.88 Å². The third-order valence-electron chi connectivity index (χ3n) is 2.45. The number of aryl methyl sites for hydroxylation is 1. The molecule has 0 spiro atoms. The minimum Gasteiger partial charge on any atom is -0.480 e. The van der Waals surface area contributed by atoms with Crippen LogP contribution in [0, 0.1) is 6.92 Å². The van der Waals surface area contributed by atoms with E-state index < -0.39 is 0 Å². The SMILES string of the molecule is CC.COc1n[nH]c(C)c1Cc1ccccc1. The Morgan fingerprint density at radius 1 is 1.18 bits per heavy atom. The van der Waals surface area contributed by atoms with Gasteiger partial charge in [-0.3, -0.25) is 5.10 Å². The molecule has 0 amide bonds. The van der Waals surface area contributed by atoms with Crippen LogP contribution in [0.15, 0.2) is 30.3 Å². The van der Waals surface area contributed by atoms with Crippen LogP contribution in [0.2, 0.25) is 0 Å². The third kappa shape index (κ3) is 3.34. The molecule has 0 bridgehead atoms. The van der Waals surface area contributed by atoms with Crippen molar-refractivity contribution in [2.45, 2.75) is 27.2 Å². The second kappa shape index (κ2) is 6.74. The van der Waals surface area contributed by atoms with Crippen LogP contribution in [0.4, 0.5) is 0 Å². The number of aromatic nitrogens is 2. The van der Waals surface area contributed by atoms with E-state index in [1.54, 1.807) is 7.11 Å². The van der Waals surface area contributed by atoms with Crippen molar-refractivity contribution < 1.29 is 4.74 Å². The lowest BCUT2D eigenvalue weighted by Gasteiger charge is -2.02. The van der Waals surface area contributed by atoms with E-state index in [-0.39, 0.29) is 0 Å². The third-order valence-corrected chi connectivity index (χ3v) is 2.45. The Hall–Kier alpha value is -1.77. The van der Waals surface area contributed by atoms with Gasteiger partial charge in [0.15, 0.2) is 0 Å². The molecule has 0 radical (unpaired) electrons. The van der Waals surface area contributed by atoms with E-state index in [9.17, 15) is 0 Å². The maximum atomic E-state index is 5.20. The van der Waals surface area contributed by atoms with E-state index in [0.29, 0.717) is 5.88 Å². The van der Waals surface area contributed by atoms with Gasteiger partial charge in [-0.25, -0.2) is 0 Å². The van der Waals surface area contributed by atoms with Crippen molar-refractivity contribution in [1.82, 2.24) is 10.2 Å². The number of nitrogens with one attached hydrogen (secondary N) is 1. The fraction of sp³-hybridized carbons (Fsp3) is 0.357. The van der Waals surface area contributed by atoms with Gasteiger partial charge in [0.05, 0.1) is 7.11 Å². The first-order chi connectivity index (χ1) is 8.31. The molecule has 2 aromatic rings. The van der Waals surface area contributed by atoms with Crippen LogP contribution in [0.1, 0.15) is 30.7 Å². The lowest BCUT2D eigenvalue weighted by Crippen LogP contribution is -1.92. The highest BCUT2D eigenvalue weighted by molar-refractivity contribution is 5.35. The summed E-state index contributed by atoms with van der Waals surface area (Å²) in [5.74, 6) is 0.691. The van der Waals surface area contributed by atoms with Crippen molar-refractivity contribution in [2.24, 2.45) is 0 Å². The Balaban J connectivity index is 0.000000686. The number of nitrogens with zero attached hydrogens (tertiary/aromatic N) is 1. The maximum absolute atomic E-state index is 5.20. The smallest absolute Gasteiger partial charge is 0.236 e. The van der Waals surface area contributed by atoms with E-state index in [2.05, 4.69) is 22.3 Å². The summed E-state index contributed by atoms with van der Waals surface area (Å²) in [6.07, 6.45) is 0.854. The summed E-state index contributed by atoms with van der Waals surface area (Å²) in [5.41, 5.74) is 3.46. The molecular formula is C14H20N2O. The molecule has 1 heterocycles. The van der Waals surface area contributed by atoms with Gasteiger partial charge in [-0.05, 0) is 12.5 Å². The van der Waals surface area contributed by atoms with Crippen molar-refractivity contribution in [3.63, 3.8) is 0 Å². The predicted octanol–water partition coefficient (Wildman–Crippen LogP) is 3.34. The first-order valence-electron chi connectivity index (χ1n) is 5.93. The van der Waals surface area contributed by atoms with Gasteiger partial charge in [0.1, 0.15) is 0 Å². The minimum absolute atomic E-state index is 0.691. The highest BCUT2D eigenvalue weighted by Gasteiger charge is 2.10. The first-order valence-corrected chi connectivity index (χ1v) is 5.93. The van der Waals surface area contributed by atoms with Crippen LogP contribution in [0.3, 0.4) is 0 Å². The van der Waals surface area contributed by atoms with Crippen LogP contribution >= 0.6 is 0 Å². The Bertz CT molecular complexity index is 435. The number of hydrogen-bond donors (Lipinski definition) is 1. The molecule has 3 heteroatoms. The zero-order chi connectivity index (χ0) is 12.7. The molecule has 0 unspecified atom stereocenters. The van der Waals surface area contributed by atoms with Gasteiger partial charge in [0, 0.05) is 17.7 Å². The molecule has 1 aromatic heterocycles. The quantitative estimate of drug-likeness (QED) is 0.881. The van der Waals surface area contributed by atoms with Gasteiger partial charge in [0.2, 0.25) is 5.88 Å². The summed E-state index contributed by atoms with van der Waals surface area (Å²) in [5, 5.41) is 7.02. The van der Waals surface area contributed by atoms with Crippen LogP contribution < -0.4 is 4.74 Å². The Labute approximate surface area is 103 Å². The Morgan fingerprint density at radius 3 is 2.41 bits per heavy atom. The van der Waals surface area contributed by atoms with E-state index in [4.69, 9.17) is 4.74 Å². The number of ether oxygens (including phenoxy) is 1. The largest absolute Gasteiger partial charge is 0.480 e. The second-order valence-electron chi connectivity index (χ2n) is 3.50. The van der Waals surface area contributed by atoms with Crippen LogP contribution in [-0.2, 0) is 6.42 Å². The highest BCUT2D eigenvalue weighted by Crippen LogP contribution is 2.21. The molecule has 3 nitrogen and oxygen atoms in total. The Kier molecular flexibility index (Phi) is 5.27. The second-order valence-corrected chi connectivity index (χ2v) is 3.50. The number of benzene rings is 1. The monoisotopic (exact) mass is 232 g/mol. The fourth-order valence-electron chi connectivity index (χ4n) is 1.61. The minimum atomic E-state index is 0.691. The normalized spacial score (nSPS) is 9.41. The lowest BCUT2D eigenvalue weighted by molar-refractivity contribution is 0.393. The summed E-state index contributed by atoms with van der Waals surface area (Å²) in [6, 6.07) is 10.3. The van der Waals surface area contributed by atoms with Crippen molar-refractivity contribution in [3.8, 4) is 5.88 Å². The van der Waals surface area contributed by atoms with E-state index in [1.807, 2.05) is 39.0 Å². The van der Waals surface area contributed by atoms with Gasteiger partial charge in [0.25, 0.3) is 0 Å². The standard InChI is InChI=1S/C12H14N2O.C2H6/c1-9-11(12(15-2)14-13-9)8-10-6-4-3-5-7-10;1-2/h3-7H,8H2,1-2H3,(H,13,14);1-2H3. The van der Waals surface area contributed by atoms with Gasteiger partial charge in [-0.2, -0.15) is 0 Å². The molecule has 0 aliphatic heterocycles. The molecular weight excluding hydrogens is 212 g/mol. The average Bonchev–Trinajstić information content (AvgIpc) is 2.74. The molecule has 2 rings (SSSR count). The molecule has 0 saturated heterocycles. The topological polar surface area (TPSA) is 37.9 Å². The molecule has 1 aromatic carbocycles. The fourth-order valence-corrected chi connectivity index (χ4v) is 1.61. The van der Waals surface area contributed by atoms with E-state index >= 15 is 0 Å². The zero-order valence-corrected chi connectivity index (χ0v) is 10.9. The summed E-state index contributed by atoms with van der Waals surface area (Å²) in [6.45, 7) is 6.01. The van der Waals surface area contributed by atoms with E-state index in [0.717, 1.165) is 17.7 Å². The van der Waals surface area contributed by atoms with E-state index in [1.165, 1.54) is 5.56 Å². The molecule has 0 saturated carbocycles. The molecule has 92 valence electrons. The molecule has 17 heavy (non-hydrogen) atoms. The molecule has 0 aliphatic rings. The van der Waals surface area contributed by atoms with Crippen molar-refractivity contribution in [2.75, 3.05) is 7.11 Å². The molecule has 0 aliphatic carbocycles. The number of methoxy groups -OCH3 is 1. The van der Waals surface area contributed by atoms with Gasteiger partial charge in [-0.15, -0.1) is 5.10 Å². The van der Waals surface area contributed by atoms with Crippen LogP contribution in [0.25, 0.3) is 0 Å². The molecule has 0 atom stereocenters. The first kappa shape index (κ1) is 13.3. The van der Waals surface area contributed by atoms with Gasteiger partial charge < -0.3 is 4.74 Å². The van der Waals surface area contributed by atoms with Gasteiger partial charge >= 0.3 is 0 Å². The van der Waals surface area contributed by atoms with Crippen LogP contribution in [-0.4, -0.2) is 17.3 Å². The number of rotatable bonds is 3. The summed E-state index contributed by atoms with van der Waals surface area (Å²) >= 11 is 0. The van der Waals surface area contributed by atoms with Gasteiger partial charge in [-0.1, -0.05) is 44.2 Å². The number of aromatic amines is 1. The zero-order valence-electron chi connectivity index (χ0n) is 10.9. The molecule has 1 N–H and O–H groups in total. The lowest BCUT2D eigenvalue weighted by atomic mass is 10.1. The number of H-pyrrole nitrogens is 1. The molecule has 0 fully saturated rings. The summed E-state index contributed by atoms with van der Waals surface area (Å²) in [7, 11) is 1.64. The number of hydrogen-bond acceptors (Lipinski definition) is 2. The summed E-state index contributed by atoms with van der Waals surface area (Å²) < 4.78 is 5.20. The van der Waals surface area contributed by atoms with Crippen molar-refractivity contribution in [3.05, 3.63) is 47.2 Å².